The SMILES string of the molecule is CSCCC(NS(=O)(=O)c1ccc(C)cc1)C(=O)NCc1ccccn1. The molecule has 0 aliphatic heterocycles. The Balaban J connectivity index is 2.07. The maximum absolute atomic E-state index is 12.6. The molecule has 0 fully saturated rings. The Labute approximate surface area is 158 Å². The molecule has 1 aromatic carbocycles. The average Bonchev–Trinajstić information content (AvgIpc) is 2.64. The van der Waals surface area contributed by atoms with E-state index >= 15 is 0 Å². The van der Waals surface area contributed by atoms with Crippen LogP contribution in [0.1, 0.15) is 17.7 Å². The highest BCUT2D eigenvalue weighted by Crippen LogP contribution is 2.12. The number of carbonyl (C=O) groups is 1. The number of hydrogen-bond acceptors (Lipinski definition) is 5. The Hall–Kier alpha value is -1.90. The molecule has 0 bridgehead atoms. The van der Waals surface area contributed by atoms with E-state index in [1.807, 2.05) is 19.2 Å². The fourth-order valence-electron chi connectivity index (χ4n) is 2.26. The summed E-state index contributed by atoms with van der Waals surface area (Å²) in [4.78, 5) is 16.8. The van der Waals surface area contributed by atoms with Crippen molar-refractivity contribution < 1.29 is 13.2 Å². The maximum Gasteiger partial charge on any atom is 0.241 e. The molecule has 1 heterocycles. The van der Waals surface area contributed by atoms with Gasteiger partial charge in [-0.25, -0.2) is 8.42 Å². The highest BCUT2D eigenvalue weighted by atomic mass is 32.2. The smallest absolute Gasteiger partial charge is 0.241 e. The van der Waals surface area contributed by atoms with Crippen LogP contribution in [-0.4, -0.2) is 37.4 Å². The van der Waals surface area contributed by atoms with Crippen molar-refractivity contribution in [3.05, 3.63) is 59.9 Å². The van der Waals surface area contributed by atoms with Gasteiger partial charge in [-0.05, 0) is 49.6 Å². The second-order valence-corrected chi connectivity index (χ2v) is 8.51. The molecule has 2 N–H and O–H groups in total. The molecule has 1 amide bonds. The number of hydrogen-bond donors (Lipinski definition) is 2. The van der Waals surface area contributed by atoms with E-state index in [9.17, 15) is 13.2 Å². The fourth-order valence-corrected chi connectivity index (χ4v) is 3.96. The van der Waals surface area contributed by atoms with Crippen molar-refractivity contribution in [2.75, 3.05) is 12.0 Å². The summed E-state index contributed by atoms with van der Waals surface area (Å²) in [6.07, 6.45) is 3.96. The molecule has 0 aliphatic rings. The average molecular weight is 394 g/mol. The van der Waals surface area contributed by atoms with E-state index in [0.29, 0.717) is 17.9 Å². The van der Waals surface area contributed by atoms with Crippen LogP contribution in [0.25, 0.3) is 0 Å². The Morgan fingerprint density at radius 2 is 1.92 bits per heavy atom. The summed E-state index contributed by atoms with van der Waals surface area (Å²) in [5.41, 5.74) is 1.68. The number of sulfonamides is 1. The molecule has 0 saturated carbocycles. The molecule has 2 rings (SSSR count). The summed E-state index contributed by atoms with van der Waals surface area (Å²) in [6, 6.07) is 11.1. The molecule has 1 aromatic heterocycles. The number of pyridine rings is 1. The number of thioether (sulfide) groups is 1. The van der Waals surface area contributed by atoms with Gasteiger partial charge in [0.2, 0.25) is 15.9 Å². The second-order valence-electron chi connectivity index (χ2n) is 5.81. The van der Waals surface area contributed by atoms with Crippen molar-refractivity contribution in [2.45, 2.75) is 30.8 Å². The number of carbonyl (C=O) groups excluding carboxylic acids is 1. The topological polar surface area (TPSA) is 88.2 Å². The summed E-state index contributed by atoms with van der Waals surface area (Å²) < 4.78 is 27.7. The Morgan fingerprint density at radius 1 is 1.19 bits per heavy atom. The minimum atomic E-state index is -3.77. The van der Waals surface area contributed by atoms with Crippen LogP contribution in [0.15, 0.2) is 53.6 Å². The third kappa shape index (κ3) is 6.12. The van der Waals surface area contributed by atoms with Gasteiger partial charge in [0, 0.05) is 6.20 Å². The van der Waals surface area contributed by atoms with Gasteiger partial charge in [-0.3, -0.25) is 9.78 Å². The molecule has 8 heteroatoms. The summed E-state index contributed by atoms with van der Waals surface area (Å²) in [5.74, 6) is 0.304. The highest BCUT2D eigenvalue weighted by Gasteiger charge is 2.25. The number of rotatable bonds is 9. The van der Waals surface area contributed by atoms with Gasteiger partial charge in [0.05, 0.1) is 17.1 Å². The molecule has 1 atom stereocenters. The fraction of sp³-hybridized carbons (Fsp3) is 0.333. The number of aryl methyl sites for hydroxylation is 1. The first kappa shape index (κ1) is 20.4. The predicted octanol–water partition coefficient (Wildman–Crippen LogP) is 2.11. The third-order valence-corrected chi connectivity index (χ3v) is 5.86. The number of benzene rings is 1. The minimum Gasteiger partial charge on any atom is -0.349 e. The predicted molar refractivity (Wildman–Crippen MR) is 104 cm³/mol. The lowest BCUT2D eigenvalue weighted by Gasteiger charge is -2.18. The number of nitrogens with zero attached hydrogens (tertiary/aromatic N) is 1. The van der Waals surface area contributed by atoms with Crippen molar-refractivity contribution in [2.24, 2.45) is 0 Å². The highest BCUT2D eigenvalue weighted by molar-refractivity contribution is 7.98. The van der Waals surface area contributed by atoms with Gasteiger partial charge >= 0.3 is 0 Å². The van der Waals surface area contributed by atoms with E-state index in [4.69, 9.17) is 0 Å². The molecule has 0 saturated heterocycles. The van der Waals surface area contributed by atoms with E-state index in [0.717, 1.165) is 5.56 Å². The van der Waals surface area contributed by atoms with Gasteiger partial charge < -0.3 is 5.32 Å². The van der Waals surface area contributed by atoms with Crippen LogP contribution in [0.3, 0.4) is 0 Å². The van der Waals surface area contributed by atoms with Gasteiger partial charge in [-0.15, -0.1) is 0 Å². The van der Waals surface area contributed by atoms with Gasteiger partial charge in [-0.2, -0.15) is 16.5 Å². The molecule has 0 aliphatic carbocycles. The molecular weight excluding hydrogens is 370 g/mol. The first-order chi connectivity index (χ1) is 12.4. The zero-order valence-electron chi connectivity index (χ0n) is 14.8. The Kier molecular flexibility index (Phi) is 7.62. The van der Waals surface area contributed by atoms with Gasteiger partial charge in [0.15, 0.2) is 0 Å². The quantitative estimate of drug-likeness (QED) is 0.681. The number of aromatic nitrogens is 1. The van der Waals surface area contributed by atoms with Crippen LogP contribution in [0.4, 0.5) is 0 Å². The lowest BCUT2D eigenvalue weighted by Crippen LogP contribution is -2.46. The van der Waals surface area contributed by atoms with E-state index < -0.39 is 16.1 Å². The van der Waals surface area contributed by atoms with Crippen molar-refractivity contribution in [1.82, 2.24) is 15.0 Å². The first-order valence-electron chi connectivity index (χ1n) is 8.18. The normalized spacial score (nSPS) is 12.5. The van der Waals surface area contributed by atoms with E-state index in [2.05, 4.69) is 15.0 Å². The zero-order valence-corrected chi connectivity index (χ0v) is 16.4. The lowest BCUT2D eigenvalue weighted by atomic mass is 10.2. The van der Waals surface area contributed by atoms with Crippen LogP contribution in [0.5, 0.6) is 0 Å². The van der Waals surface area contributed by atoms with Crippen molar-refractivity contribution in [3.63, 3.8) is 0 Å². The first-order valence-corrected chi connectivity index (χ1v) is 11.1. The van der Waals surface area contributed by atoms with E-state index in [1.54, 1.807) is 42.2 Å². The monoisotopic (exact) mass is 393 g/mol. The van der Waals surface area contributed by atoms with Crippen molar-refractivity contribution in [3.8, 4) is 0 Å². The summed E-state index contributed by atoms with van der Waals surface area (Å²) in [5, 5.41) is 2.75. The van der Waals surface area contributed by atoms with Crippen LogP contribution < -0.4 is 10.0 Å². The van der Waals surface area contributed by atoms with Crippen molar-refractivity contribution in [1.29, 1.82) is 0 Å². The molecule has 1 unspecified atom stereocenters. The van der Waals surface area contributed by atoms with Crippen LogP contribution in [-0.2, 0) is 21.4 Å². The molecular formula is C18H23N3O3S2. The van der Waals surface area contributed by atoms with Gasteiger partial charge in [0.25, 0.3) is 0 Å². The Morgan fingerprint density at radius 3 is 2.54 bits per heavy atom. The standard InChI is InChI=1S/C18H23N3O3S2/c1-14-6-8-16(9-7-14)26(23,24)21-17(10-12-25-2)18(22)20-13-15-5-3-4-11-19-15/h3-9,11,17,21H,10,12-13H2,1-2H3,(H,20,22). The minimum absolute atomic E-state index is 0.148. The summed E-state index contributed by atoms with van der Waals surface area (Å²) in [6.45, 7) is 2.14. The third-order valence-electron chi connectivity index (χ3n) is 3.73. The van der Waals surface area contributed by atoms with Crippen LogP contribution in [0, 0.1) is 6.92 Å². The molecule has 2 aromatic rings. The molecule has 140 valence electrons. The van der Waals surface area contributed by atoms with E-state index in [-0.39, 0.29) is 17.3 Å². The summed E-state index contributed by atoms with van der Waals surface area (Å²) in [7, 11) is -3.77. The van der Waals surface area contributed by atoms with Crippen LogP contribution >= 0.6 is 11.8 Å². The molecule has 0 radical (unpaired) electrons. The lowest BCUT2D eigenvalue weighted by molar-refractivity contribution is -0.122. The second kappa shape index (κ2) is 9.70. The van der Waals surface area contributed by atoms with Gasteiger partial charge in [-0.1, -0.05) is 23.8 Å². The Bertz CT molecular complexity index is 809. The number of nitrogens with one attached hydrogen (secondary N) is 2. The molecule has 6 nitrogen and oxygen atoms in total. The number of amides is 1. The van der Waals surface area contributed by atoms with Gasteiger partial charge in [0.1, 0.15) is 6.04 Å². The molecule has 0 spiro atoms. The largest absolute Gasteiger partial charge is 0.349 e. The van der Waals surface area contributed by atoms with Crippen LogP contribution in [0.2, 0.25) is 0 Å². The van der Waals surface area contributed by atoms with Crippen molar-refractivity contribution >= 4 is 27.7 Å². The maximum atomic E-state index is 12.6. The molecule has 26 heavy (non-hydrogen) atoms. The zero-order chi connectivity index (χ0) is 19.0. The summed E-state index contributed by atoms with van der Waals surface area (Å²) >= 11 is 1.56. The van der Waals surface area contributed by atoms with E-state index in [1.165, 1.54) is 12.1 Å².